The van der Waals surface area contributed by atoms with Crippen LogP contribution in [0.2, 0.25) is 0 Å². The maximum Gasteiger partial charge on any atom is 0.424 e. The summed E-state index contributed by atoms with van der Waals surface area (Å²) in [5, 5.41) is 0. The lowest BCUT2D eigenvalue weighted by atomic mass is 9.97. The first kappa shape index (κ1) is 29.8. The molecule has 188 valence electrons. The molecule has 0 aliphatic carbocycles. The summed E-state index contributed by atoms with van der Waals surface area (Å²) in [5.41, 5.74) is -20.3. The molecule has 0 atom stereocenters. The van der Waals surface area contributed by atoms with Crippen LogP contribution < -0.4 is 0 Å². The molecule has 0 spiro atoms. The molecule has 0 aromatic rings. The van der Waals surface area contributed by atoms with E-state index in [1.54, 1.807) is 0 Å². The highest BCUT2D eigenvalue weighted by atomic mass is 19.4. The fourth-order valence-corrected chi connectivity index (χ4v) is 1.83. The van der Waals surface area contributed by atoms with Crippen molar-refractivity contribution in [2.45, 2.75) is 37.1 Å². The van der Waals surface area contributed by atoms with Crippen molar-refractivity contribution in [1.29, 1.82) is 0 Å². The summed E-state index contributed by atoms with van der Waals surface area (Å²) in [4.78, 5) is 0. The van der Waals surface area contributed by atoms with Gasteiger partial charge in [0.1, 0.15) is 5.57 Å². The molecule has 0 aliphatic heterocycles. The van der Waals surface area contributed by atoms with Crippen molar-refractivity contribution in [3.05, 3.63) is 33.9 Å². The fourth-order valence-electron chi connectivity index (χ4n) is 1.83. The largest absolute Gasteiger partial charge is 0.424 e. The SMILES string of the molecule is FC(C(C(F)=C(C(F)(F)F)C(F)(F)F)=C(C(F)(F)F)C(F)(F)F)=C(C(F)(F)F)C(F)(F)F. The molecule has 0 amide bonds. The molecular weight excluding hydrogens is 524 g/mol. The Balaban J connectivity index is 8.41. The van der Waals surface area contributed by atoms with Crippen molar-refractivity contribution in [2.75, 3.05) is 0 Å². The molecule has 0 radical (unpaired) electrons. The van der Waals surface area contributed by atoms with E-state index < -0.39 is 71.0 Å². The molecule has 0 rings (SSSR count). The summed E-state index contributed by atoms with van der Waals surface area (Å²) in [6, 6.07) is 0. The molecule has 0 fully saturated rings. The monoisotopic (exact) mass is 524 g/mol. The standard InChI is InChI=1S/C12F20/c13-2(5(9(21,22)23)10(24,25)26)1(4(7(15,16)17)8(18,19)20)3(14)6(11(27,28)29)12(30,31)32. The topological polar surface area (TPSA) is 0 Å². The van der Waals surface area contributed by atoms with Crippen LogP contribution in [0.25, 0.3) is 0 Å². The van der Waals surface area contributed by atoms with E-state index in [9.17, 15) is 87.8 Å². The molecule has 0 saturated heterocycles. The number of rotatable bonds is 2. The van der Waals surface area contributed by atoms with Crippen molar-refractivity contribution in [2.24, 2.45) is 0 Å². The maximum atomic E-state index is 13.8. The van der Waals surface area contributed by atoms with E-state index in [4.69, 9.17) is 0 Å². The predicted octanol–water partition coefficient (Wildman–Crippen LogP) is 8.10. The lowest BCUT2D eigenvalue weighted by Gasteiger charge is -2.23. The lowest BCUT2D eigenvalue weighted by Crippen LogP contribution is -2.33. The smallest absolute Gasteiger partial charge is 0.206 e. The van der Waals surface area contributed by atoms with Gasteiger partial charge in [-0.2, -0.15) is 79.0 Å². The van der Waals surface area contributed by atoms with Gasteiger partial charge >= 0.3 is 37.1 Å². The van der Waals surface area contributed by atoms with Gasteiger partial charge in [0.05, 0.1) is 5.57 Å². The third-order valence-electron chi connectivity index (χ3n) is 2.83. The third-order valence-corrected chi connectivity index (χ3v) is 2.83. The zero-order valence-corrected chi connectivity index (χ0v) is 13.6. The highest BCUT2D eigenvalue weighted by Gasteiger charge is 2.61. The summed E-state index contributed by atoms with van der Waals surface area (Å²) in [5.74, 6) is -10.2. The van der Waals surface area contributed by atoms with Crippen LogP contribution in [0.5, 0.6) is 0 Å². The van der Waals surface area contributed by atoms with Gasteiger partial charge in [0.25, 0.3) is 0 Å². The summed E-state index contributed by atoms with van der Waals surface area (Å²) >= 11 is 0. The van der Waals surface area contributed by atoms with E-state index in [1.165, 1.54) is 0 Å². The Labute approximate surface area is 160 Å². The molecule has 0 unspecified atom stereocenters. The minimum atomic E-state index is -7.51. The minimum Gasteiger partial charge on any atom is -0.206 e. The van der Waals surface area contributed by atoms with Crippen LogP contribution in [0, 0.1) is 0 Å². The van der Waals surface area contributed by atoms with E-state index in [-0.39, 0.29) is 0 Å². The van der Waals surface area contributed by atoms with Gasteiger partial charge in [-0.15, -0.1) is 0 Å². The molecule has 0 saturated carbocycles. The zero-order valence-electron chi connectivity index (χ0n) is 13.6. The number of halogens is 20. The van der Waals surface area contributed by atoms with Crippen LogP contribution >= 0.6 is 0 Å². The Kier molecular flexibility index (Phi) is 7.74. The Bertz CT molecular complexity index is 694. The Morgan fingerprint density at radius 3 is 0.562 bits per heavy atom. The van der Waals surface area contributed by atoms with Crippen LogP contribution in [0.3, 0.4) is 0 Å². The molecular formula is C12F20. The van der Waals surface area contributed by atoms with Crippen molar-refractivity contribution in [1.82, 2.24) is 0 Å². The molecule has 0 aliphatic rings. The average Bonchev–Trinajstić information content (AvgIpc) is 2.34. The Morgan fingerprint density at radius 1 is 0.281 bits per heavy atom. The number of hydrogen-bond donors (Lipinski definition) is 0. The number of hydrogen-bond acceptors (Lipinski definition) is 0. The molecule has 0 heterocycles. The summed E-state index contributed by atoms with van der Waals surface area (Å²) in [6.07, 6.45) is -44.5. The fraction of sp³-hybridized carbons (Fsp3) is 0.500. The summed E-state index contributed by atoms with van der Waals surface area (Å²) < 4.78 is 252. The van der Waals surface area contributed by atoms with E-state index in [0.717, 1.165) is 0 Å². The van der Waals surface area contributed by atoms with E-state index in [2.05, 4.69) is 0 Å². The molecule has 0 N–H and O–H groups in total. The first-order valence-electron chi connectivity index (χ1n) is 6.53. The van der Waals surface area contributed by atoms with Crippen molar-refractivity contribution < 1.29 is 87.8 Å². The van der Waals surface area contributed by atoms with Gasteiger partial charge in [-0.1, -0.05) is 0 Å². The maximum absolute atomic E-state index is 13.8. The van der Waals surface area contributed by atoms with E-state index in [0.29, 0.717) is 0 Å². The minimum absolute atomic E-state index is 4.96. The quantitative estimate of drug-likeness (QED) is 0.253. The van der Waals surface area contributed by atoms with Gasteiger partial charge in [0, 0.05) is 0 Å². The second kappa shape index (κ2) is 8.31. The molecule has 0 aromatic carbocycles. The van der Waals surface area contributed by atoms with Gasteiger partial charge in [-0.25, -0.2) is 8.78 Å². The summed E-state index contributed by atoms with van der Waals surface area (Å²) in [7, 11) is 0. The highest BCUT2D eigenvalue weighted by molar-refractivity contribution is 5.53. The van der Waals surface area contributed by atoms with Crippen LogP contribution in [-0.4, -0.2) is 37.1 Å². The van der Waals surface area contributed by atoms with Gasteiger partial charge in [-0.3, -0.25) is 0 Å². The van der Waals surface area contributed by atoms with Crippen molar-refractivity contribution in [3.8, 4) is 0 Å². The van der Waals surface area contributed by atoms with Crippen LogP contribution in [-0.2, 0) is 0 Å². The van der Waals surface area contributed by atoms with Gasteiger partial charge in [-0.05, 0) is 0 Å². The second-order valence-corrected chi connectivity index (χ2v) is 5.11. The highest BCUT2D eigenvalue weighted by Crippen LogP contribution is 2.52. The van der Waals surface area contributed by atoms with Crippen LogP contribution in [0.4, 0.5) is 87.8 Å². The predicted molar refractivity (Wildman–Crippen MR) is 59.6 cm³/mol. The van der Waals surface area contributed by atoms with Gasteiger partial charge in [0.2, 0.25) is 0 Å². The van der Waals surface area contributed by atoms with E-state index in [1.807, 2.05) is 0 Å². The molecule has 0 aromatic heterocycles. The van der Waals surface area contributed by atoms with Gasteiger partial charge < -0.3 is 0 Å². The third kappa shape index (κ3) is 6.91. The first-order chi connectivity index (χ1) is 13.6. The number of allylic oxidation sites excluding steroid dienone is 6. The lowest BCUT2D eigenvalue weighted by molar-refractivity contribution is -0.180. The summed E-state index contributed by atoms with van der Waals surface area (Å²) in [6.45, 7) is 0. The van der Waals surface area contributed by atoms with Gasteiger partial charge in [0.15, 0.2) is 22.8 Å². The zero-order chi connectivity index (χ0) is 26.5. The molecule has 32 heavy (non-hydrogen) atoms. The Morgan fingerprint density at radius 2 is 0.438 bits per heavy atom. The average molecular weight is 524 g/mol. The second-order valence-electron chi connectivity index (χ2n) is 5.11. The normalized spacial score (nSPS) is 14.2. The Hall–Kier alpha value is -2.18. The molecule has 0 nitrogen and oxygen atoms in total. The molecule has 20 heteroatoms. The number of alkyl halides is 18. The van der Waals surface area contributed by atoms with Crippen molar-refractivity contribution in [3.63, 3.8) is 0 Å². The molecule has 0 bridgehead atoms. The van der Waals surface area contributed by atoms with Crippen LogP contribution in [0.15, 0.2) is 33.9 Å². The van der Waals surface area contributed by atoms with Crippen LogP contribution in [0.1, 0.15) is 0 Å². The van der Waals surface area contributed by atoms with Crippen molar-refractivity contribution >= 4 is 0 Å². The van der Waals surface area contributed by atoms with E-state index >= 15 is 0 Å². The first-order valence-corrected chi connectivity index (χ1v) is 6.53.